The topological polar surface area (TPSA) is 123 Å². The zero-order chi connectivity index (χ0) is 30.4. The molecule has 0 aliphatic rings. The van der Waals surface area contributed by atoms with Crippen LogP contribution in [0.5, 0.6) is 11.5 Å². The van der Waals surface area contributed by atoms with Gasteiger partial charge in [0, 0.05) is 5.69 Å². The minimum absolute atomic E-state index is 0.178. The van der Waals surface area contributed by atoms with Crippen LogP contribution in [0.4, 0.5) is 5.69 Å². The summed E-state index contributed by atoms with van der Waals surface area (Å²) in [4.78, 5) is 39.5. The lowest BCUT2D eigenvalue weighted by Gasteiger charge is -2.29. The summed E-state index contributed by atoms with van der Waals surface area (Å²) < 4.78 is 5.50. The highest BCUT2D eigenvalue weighted by atomic mass is 35.5. The number of aromatic carboxylic acids is 1. The molecule has 3 N–H and O–H groups in total. The lowest BCUT2D eigenvalue weighted by molar-refractivity contribution is -0.895. The van der Waals surface area contributed by atoms with Crippen molar-refractivity contribution in [3.05, 3.63) is 88.9 Å². The molecule has 0 heterocycles. The molecule has 3 rings (SSSR count). The molecule has 0 fully saturated rings. The Hall–Kier alpha value is -4.08. The number of carboxylic acid groups (broad SMARTS) is 1. The van der Waals surface area contributed by atoms with E-state index in [0.717, 1.165) is 19.6 Å². The first kappa shape index (κ1) is 33.1. The summed E-state index contributed by atoms with van der Waals surface area (Å²) in [5.41, 5.74) is 0.776. The number of rotatable bonds is 12. The quantitative estimate of drug-likeness (QED) is 0.301. The number of carbonyl (C=O) groups excluding carboxylic acids is 2. The van der Waals surface area contributed by atoms with Gasteiger partial charge in [-0.25, -0.2) is 4.79 Å². The largest absolute Gasteiger partial charge is 0.872 e. The molecule has 0 aromatic heterocycles. The molecule has 0 saturated carbocycles. The van der Waals surface area contributed by atoms with Crippen LogP contribution in [0.1, 0.15) is 48.4 Å². The van der Waals surface area contributed by atoms with Crippen LogP contribution in [0.2, 0.25) is 5.02 Å². The third-order valence-electron chi connectivity index (χ3n) is 6.41. The summed E-state index contributed by atoms with van der Waals surface area (Å²) in [7, 11) is 0. The third kappa shape index (κ3) is 9.81. The van der Waals surface area contributed by atoms with Gasteiger partial charge in [0.25, 0.3) is 5.91 Å². The van der Waals surface area contributed by atoms with Gasteiger partial charge in [0.05, 0.1) is 48.9 Å². The van der Waals surface area contributed by atoms with Gasteiger partial charge < -0.3 is 25.2 Å². The van der Waals surface area contributed by atoms with Gasteiger partial charge >= 0.3 is 5.97 Å². The molecule has 3 aromatic rings. The molecule has 0 aliphatic carbocycles. The molecule has 2 amide bonds. The number of benzene rings is 3. The number of nitrogens with one attached hydrogen (secondary N) is 2. The van der Waals surface area contributed by atoms with Crippen molar-refractivity contribution in [2.45, 2.75) is 33.7 Å². The fraction of sp³-hybridized carbons (Fsp3) is 0.323. The van der Waals surface area contributed by atoms with Crippen molar-refractivity contribution < 1.29 is 34.2 Å². The minimum Gasteiger partial charge on any atom is -0.872 e. The second-order valence-electron chi connectivity index (χ2n) is 9.06. The van der Waals surface area contributed by atoms with Crippen molar-refractivity contribution in [1.82, 2.24) is 5.32 Å². The fourth-order valence-electron chi connectivity index (χ4n) is 4.03. The number of para-hydroxylation sites is 1. The van der Waals surface area contributed by atoms with E-state index in [2.05, 4.69) is 19.2 Å². The Kier molecular flexibility index (Phi) is 13.6. The number of hydrogen-bond donors (Lipinski definition) is 3. The van der Waals surface area contributed by atoms with Crippen molar-refractivity contribution in [1.29, 1.82) is 0 Å². The highest BCUT2D eigenvalue weighted by molar-refractivity contribution is 6.34. The first-order valence-corrected chi connectivity index (χ1v) is 13.9. The average Bonchev–Trinajstić information content (AvgIpc) is 2.97. The molecular formula is C31H38ClN3O6. The Labute approximate surface area is 246 Å². The van der Waals surface area contributed by atoms with E-state index in [1.54, 1.807) is 55.5 Å². The first-order chi connectivity index (χ1) is 19.6. The van der Waals surface area contributed by atoms with E-state index in [-0.39, 0.29) is 17.4 Å². The summed E-state index contributed by atoms with van der Waals surface area (Å²) >= 11 is 6.28. The van der Waals surface area contributed by atoms with E-state index in [1.807, 2.05) is 6.92 Å². The summed E-state index contributed by atoms with van der Waals surface area (Å²) in [5.74, 6) is -1.45. The number of quaternary nitrogens is 1. The zero-order valence-electron chi connectivity index (χ0n) is 23.9. The molecule has 41 heavy (non-hydrogen) atoms. The molecule has 3 aromatic carbocycles. The van der Waals surface area contributed by atoms with E-state index in [1.165, 1.54) is 34.1 Å². The van der Waals surface area contributed by atoms with Crippen LogP contribution in [0, 0.1) is 0 Å². The maximum atomic E-state index is 13.4. The van der Waals surface area contributed by atoms with Crippen molar-refractivity contribution in [2.24, 2.45) is 0 Å². The SMILES string of the molecule is CCOc1ccc(N(C(=O)c2ccccc2Cl)C(C)C(=O)NCC[NH+](CC)CC)cc1.O=C(O)c1ccccc1[O-]. The number of ether oxygens (including phenoxy) is 1. The predicted octanol–water partition coefficient (Wildman–Crippen LogP) is 3.27. The summed E-state index contributed by atoms with van der Waals surface area (Å²) in [5, 5.41) is 22.4. The van der Waals surface area contributed by atoms with Crippen LogP contribution in [-0.4, -0.2) is 61.7 Å². The number of anilines is 1. The molecule has 220 valence electrons. The number of likely N-dealkylation sites (N-methyl/N-ethyl adjacent to an activating group) is 1. The molecule has 0 radical (unpaired) electrons. The number of amides is 2. The molecule has 0 saturated heterocycles. The van der Waals surface area contributed by atoms with Gasteiger partial charge in [-0.1, -0.05) is 47.7 Å². The van der Waals surface area contributed by atoms with Crippen molar-refractivity contribution in [3.63, 3.8) is 0 Å². The van der Waals surface area contributed by atoms with Gasteiger partial charge in [0.1, 0.15) is 11.8 Å². The number of nitrogens with zero attached hydrogens (tertiary/aromatic N) is 1. The van der Waals surface area contributed by atoms with E-state index in [9.17, 15) is 19.5 Å². The van der Waals surface area contributed by atoms with Gasteiger partial charge in [0.15, 0.2) is 0 Å². The van der Waals surface area contributed by atoms with Gasteiger partial charge in [-0.05, 0) is 70.2 Å². The van der Waals surface area contributed by atoms with Crippen LogP contribution in [0.3, 0.4) is 0 Å². The Morgan fingerprint density at radius 1 is 0.951 bits per heavy atom. The first-order valence-electron chi connectivity index (χ1n) is 13.6. The predicted molar refractivity (Wildman–Crippen MR) is 158 cm³/mol. The monoisotopic (exact) mass is 583 g/mol. The molecule has 0 bridgehead atoms. The second kappa shape index (κ2) is 16.9. The lowest BCUT2D eigenvalue weighted by Crippen LogP contribution is -3.12. The lowest BCUT2D eigenvalue weighted by atomic mass is 10.1. The van der Waals surface area contributed by atoms with Gasteiger partial charge in [-0.15, -0.1) is 0 Å². The van der Waals surface area contributed by atoms with Crippen LogP contribution in [0.25, 0.3) is 0 Å². The average molecular weight is 584 g/mol. The Balaban J connectivity index is 0.000000493. The number of halogens is 1. The minimum atomic E-state index is -1.18. The standard InChI is InChI=1S/C24H32ClN3O3.C7H6O3/c1-5-27(6-2)17-16-26-23(29)18(4)28(19-12-14-20(15-13-19)31-7-3)24(30)21-10-8-9-11-22(21)25;8-6-4-2-1-3-5(6)7(9)10/h8-15,18H,5-7,16-17H2,1-4H3,(H,26,29);1-4,8H,(H,9,10). The summed E-state index contributed by atoms with van der Waals surface area (Å²) in [6.07, 6.45) is 0. The maximum Gasteiger partial charge on any atom is 0.335 e. The highest BCUT2D eigenvalue weighted by Crippen LogP contribution is 2.26. The van der Waals surface area contributed by atoms with Crippen LogP contribution < -0.4 is 25.0 Å². The Bertz CT molecular complexity index is 1280. The van der Waals surface area contributed by atoms with E-state index >= 15 is 0 Å². The molecule has 0 spiro atoms. The van der Waals surface area contributed by atoms with Crippen LogP contribution in [0.15, 0.2) is 72.8 Å². The Morgan fingerprint density at radius 2 is 1.54 bits per heavy atom. The Morgan fingerprint density at radius 3 is 2.05 bits per heavy atom. The summed E-state index contributed by atoms with van der Waals surface area (Å²) in [6, 6.07) is 18.8. The maximum absolute atomic E-state index is 13.4. The van der Waals surface area contributed by atoms with Gasteiger partial charge in [-0.2, -0.15) is 0 Å². The molecule has 1 unspecified atom stereocenters. The molecular weight excluding hydrogens is 546 g/mol. The van der Waals surface area contributed by atoms with Crippen molar-refractivity contribution in [2.75, 3.05) is 37.7 Å². The second-order valence-corrected chi connectivity index (χ2v) is 9.46. The van der Waals surface area contributed by atoms with Crippen LogP contribution >= 0.6 is 11.6 Å². The smallest absolute Gasteiger partial charge is 0.335 e. The fourth-order valence-corrected chi connectivity index (χ4v) is 4.24. The highest BCUT2D eigenvalue weighted by Gasteiger charge is 2.29. The van der Waals surface area contributed by atoms with E-state index in [4.69, 9.17) is 21.4 Å². The number of carboxylic acids is 1. The van der Waals surface area contributed by atoms with Gasteiger partial charge in [0.2, 0.25) is 5.91 Å². The molecule has 1 atom stereocenters. The molecule has 0 aliphatic heterocycles. The van der Waals surface area contributed by atoms with Crippen LogP contribution in [-0.2, 0) is 4.79 Å². The van der Waals surface area contributed by atoms with Crippen molar-refractivity contribution in [3.8, 4) is 11.5 Å². The van der Waals surface area contributed by atoms with Gasteiger partial charge in [-0.3, -0.25) is 14.5 Å². The van der Waals surface area contributed by atoms with Crippen molar-refractivity contribution >= 4 is 35.1 Å². The molecule has 9 nitrogen and oxygen atoms in total. The molecule has 10 heteroatoms. The zero-order valence-corrected chi connectivity index (χ0v) is 24.6. The normalized spacial score (nSPS) is 11.2. The third-order valence-corrected chi connectivity index (χ3v) is 6.74. The van der Waals surface area contributed by atoms with E-state index in [0.29, 0.717) is 35.2 Å². The number of hydrogen-bond acceptors (Lipinski definition) is 5. The number of carbonyl (C=O) groups is 3. The summed E-state index contributed by atoms with van der Waals surface area (Å²) in [6.45, 7) is 11.8. The van der Waals surface area contributed by atoms with E-state index < -0.39 is 17.8 Å².